The third kappa shape index (κ3) is 6.36. The van der Waals surface area contributed by atoms with Gasteiger partial charge in [-0.1, -0.05) is 54.1 Å². The molecular formula is C22H28ClN3O2. The summed E-state index contributed by atoms with van der Waals surface area (Å²) >= 11 is 0. The zero-order valence-electron chi connectivity index (χ0n) is 16.2. The van der Waals surface area contributed by atoms with Crippen LogP contribution < -0.4 is 16.0 Å². The maximum atomic E-state index is 12.1. The van der Waals surface area contributed by atoms with E-state index in [1.807, 2.05) is 43.3 Å². The highest BCUT2D eigenvalue weighted by molar-refractivity contribution is 5.85. The summed E-state index contributed by atoms with van der Waals surface area (Å²) in [6, 6.07) is 16.6. The Kier molecular flexibility index (Phi) is 8.48. The first-order chi connectivity index (χ1) is 13.1. The third-order valence-electron chi connectivity index (χ3n) is 4.93. The van der Waals surface area contributed by atoms with Gasteiger partial charge in [-0.3, -0.25) is 9.59 Å². The summed E-state index contributed by atoms with van der Waals surface area (Å²) in [6.45, 7) is 3.49. The molecule has 0 saturated carbocycles. The van der Waals surface area contributed by atoms with E-state index in [1.54, 1.807) is 0 Å². The van der Waals surface area contributed by atoms with Gasteiger partial charge < -0.3 is 16.0 Å². The number of carbonyl (C=O) groups excluding carboxylic acids is 2. The molecular weight excluding hydrogens is 374 g/mol. The molecule has 6 heteroatoms. The predicted octanol–water partition coefficient (Wildman–Crippen LogP) is 2.47. The highest BCUT2D eigenvalue weighted by atomic mass is 35.5. The van der Waals surface area contributed by atoms with Crippen molar-refractivity contribution < 1.29 is 9.59 Å². The van der Waals surface area contributed by atoms with Crippen LogP contribution in [0.1, 0.15) is 34.7 Å². The van der Waals surface area contributed by atoms with Crippen molar-refractivity contribution in [3.05, 3.63) is 70.8 Å². The number of hydrogen-bond donors (Lipinski definition) is 3. The number of halogens is 1. The van der Waals surface area contributed by atoms with Crippen molar-refractivity contribution >= 4 is 24.2 Å². The largest absolute Gasteiger partial charge is 0.353 e. The van der Waals surface area contributed by atoms with Gasteiger partial charge in [-0.2, -0.15) is 0 Å². The normalized spacial score (nSPS) is 15.1. The van der Waals surface area contributed by atoms with Gasteiger partial charge >= 0.3 is 0 Å². The van der Waals surface area contributed by atoms with E-state index in [2.05, 4.69) is 28.1 Å². The Labute approximate surface area is 172 Å². The Morgan fingerprint density at radius 3 is 2.57 bits per heavy atom. The predicted molar refractivity (Wildman–Crippen MR) is 114 cm³/mol. The van der Waals surface area contributed by atoms with Crippen LogP contribution in [0.4, 0.5) is 0 Å². The van der Waals surface area contributed by atoms with Crippen molar-refractivity contribution in [2.75, 3.05) is 19.6 Å². The Hall–Kier alpha value is -2.37. The molecule has 0 saturated heterocycles. The molecule has 1 unspecified atom stereocenters. The molecule has 2 aromatic rings. The van der Waals surface area contributed by atoms with Crippen molar-refractivity contribution in [1.82, 2.24) is 16.0 Å². The molecule has 0 radical (unpaired) electrons. The van der Waals surface area contributed by atoms with Gasteiger partial charge in [-0.05, 0) is 43.0 Å². The quantitative estimate of drug-likeness (QED) is 0.667. The molecule has 3 N–H and O–H groups in total. The first-order valence-electron chi connectivity index (χ1n) is 9.52. The van der Waals surface area contributed by atoms with Crippen LogP contribution in [0.15, 0.2) is 48.5 Å². The Bertz CT molecular complexity index is 793. The van der Waals surface area contributed by atoms with Crippen LogP contribution in [-0.4, -0.2) is 31.4 Å². The minimum Gasteiger partial charge on any atom is -0.353 e. The van der Waals surface area contributed by atoms with Gasteiger partial charge in [0, 0.05) is 19.0 Å². The van der Waals surface area contributed by atoms with E-state index in [1.165, 1.54) is 16.7 Å². The summed E-state index contributed by atoms with van der Waals surface area (Å²) in [5.41, 5.74) is 4.91. The number of carbonyl (C=O) groups is 2. The van der Waals surface area contributed by atoms with Crippen LogP contribution in [0.5, 0.6) is 0 Å². The number of aryl methyl sites for hydroxylation is 2. The summed E-state index contributed by atoms with van der Waals surface area (Å²) in [5.74, 6) is -0.268. The summed E-state index contributed by atoms with van der Waals surface area (Å²) in [5, 5.41) is 9.05. The average molecular weight is 402 g/mol. The van der Waals surface area contributed by atoms with Crippen LogP contribution in [-0.2, 0) is 22.4 Å². The Morgan fingerprint density at radius 2 is 1.79 bits per heavy atom. The van der Waals surface area contributed by atoms with Crippen molar-refractivity contribution in [1.29, 1.82) is 0 Å². The lowest BCUT2D eigenvalue weighted by Crippen LogP contribution is -2.42. The van der Waals surface area contributed by atoms with E-state index >= 15 is 0 Å². The maximum Gasteiger partial charge on any atom is 0.239 e. The van der Waals surface area contributed by atoms with Crippen LogP contribution >= 0.6 is 12.4 Å². The molecule has 28 heavy (non-hydrogen) atoms. The third-order valence-corrected chi connectivity index (χ3v) is 4.93. The minimum absolute atomic E-state index is 0. The SMILES string of the molecule is Cc1ccc(CCC(=O)NCC(=O)NCC2NCCc3ccccc32)cc1.Cl. The molecule has 2 amide bonds. The lowest BCUT2D eigenvalue weighted by Gasteiger charge is -2.27. The highest BCUT2D eigenvalue weighted by Gasteiger charge is 2.19. The standard InChI is InChI=1S/C22H27N3O2.ClH/c1-16-6-8-17(9-7-16)10-11-21(26)25-15-22(27)24-14-20-19-5-3-2-4-18(19)12-13-23-20;/h2-9,20,23H,10-15H2,1H3,(H,24,27)(H,25,26);1H. The number of nitrogens with one attached hydrogen (secondary N) is 3. The van der Waals surface area contributed by atoms with Crippen molar-refractivity contribution in [3.63, 3.8) is 0 Å². The molecule has 150 valence electrons. The number of amides is 2. The van der Waals surface area contributed by atoms with Crippen LogP contribution in [0.25, 0.3) is 0 Å². The van der Waals surface area contributed by atoms with Gasteiger partial charge in [-0.15, -0.1) is 12.4 Å². The summed E-state index contributed by atoms with van der Waals surface area (Å²) in [4.78, 5) is 24.0. The number of benzene rings is 2. The molecule has 3 rings (SSSR count). The van der Waals surface area contributed by atoms with E-state index in [9.17, 15) is 9.59 Å². The van der Waals surface area contributed by atoms with Crippen LogP contribution in [0.3, 0.4) is 0 Å². The molecule has 0 aromatic heterocycles. The summed E-state index contributed by atoms with van der Waals surface area (Å²) < 4.78 is 0. The molecule has 0 spiro atoms. The van der Waals surface area contributed by atoms with E-state index in [4.69, 9.17) is 0 Å². The monoisotopic (exact) mass is 401 g/mol. The molecule has 0 bridgehead atoms. The second kappa shape index (κ2) is 10.8. The summed E-state index contributed by atoms with van der Waals surface area (Å²) in [7, 11) is 0. The fourth-order valence-corrected chi connectivity index (χ4v) is 3.33. The molecule has 5 nitrogen and oxygen atoms in total. The molecule has 2 aromatic carbocycles. The zero-order valence-corrected chi connectivity index (χ0v) is 17.0. The van der Waals surface area contributed by atoms with Crippen molar-refractivity contribution in [2.24, 2.45) is 0 Å². The van der Waals surface area contributed by atoms with E-state index in [0.29, 0.717) is 19.4 Å². The number of hydrogen-bond acceptors (Lipinski definition) is 3. The van der Waals surface area contributed by atoms with Gasteiger partial charge in [0.05, 0.1) is 6.54 Å². The van der Waals surface area contributed by atoms with Crippen LogP contribution in [0, 0.1) is 6.92 Å². The lowest BCUT2D eigenvalue weighted by molar-refractivity contribution is -0.126. The van der Waals surface area contributed by atoms with E-state index < -0.39 is 0 Å². The zero-order chi connectivity index (χ0) is 19.1. The highest BCUT2D eigenvalue weighted by Crippen LogP contribution is 2.21. The fraction of sp³-hybridized carbons (Fsp3) is 0.364. The van der Waals surface area contributed by atoms with Gasteiger partial charge in [0.2, 0.25) is 11.8 Å². The minimum atomic E-state index is -0.163. The molecule has 1 atom stereocenters. The summed E-state index contributed by atoms with van der Waals surface area (Å²) in [6.07, 6.45) is 2.07. The first-order valence-corrected chi connectivity index (χ1v) is 9.52. The van der Waals surface area contributed by atoms with Gasteiger partial charge in [-0.25, -0.2) is 0 Å². The molecule has 1 aliphatic heterocycles. The molecule has 0 fully saturated rings. The van der Waals surface area contributed by atoms with Gasteiger partial charge in [0.15, 0.2) is 0 Å². The number of fused-ring (bicyclic) bond motifs is 1. The van der Waals surface area contributed by atoms with E-state index in [-0.39, 0.29) is 36.8 Å². The second-order valence-electron chi connectivity index (χ2n) is 7.02. The molecule has 0 aliphatic carbocycles. The fourth-order valence-electron chi connectivity index (χ4n) is 3.33. The molecule has 1 aliphatic rings. The van der Waals surface area contributed by atoms with Gasteiger partial charge in [0.1, 0.15) is 0 Å². The Balaban J connectivity index is 0.00000280. The van der Waals surface area contributed by atoms with Crippen molar-refractivity contribution in [3.8, 4) is 0 Å². The Morgan fingerprint density at radius 1 is 1.04 bits per heavy atom. The lowest BCUT2D eigenvalue weighted by atomic mass is 9.94. The van der Waals surface area contributed by atoms with E-state index in [0.717, 1.165) is 18.5 Å². The van der Waals surface area contributed by atoms with Gasteiger partial charge in [0.25, 0.3) is 0 Å². The second-order valence-corrected chi connectivity index (χ2v) is 7.02. The molecule has 1 heterocycles. The average Bonchev–Trinajstić information content (AvgIpc) is 2.70. The smallest absolute Gasteiger partial charge is 0.239 e. The number of rotatable bonds is 7. The first kappa shape index (κ1) is 21.9. The van der Waals surface area contributed by atoms with Crippen LogP contribution in [0.2, 0.25) is 0 Å². The topological polar surface area (TPSA) is 70.2 Å². The van der Waals surface area contributed by atoms with Crippen molar-refractivity contribution in [2.45, 2.75) is 32.2 Å². The maximum absolute atomic E-state index is 12.1.